The Hall–Kier alpha value is -2.62. The molecule has 0 bridgehead atoms. The van der Waals surface area contributed by atoms with E-state index in [-0.39, 0.29) is 5.78 Å². The first-order valence-corrected chi connectivity index (χ1v) is 7.79. The van der Waals surface area contributed by atoms with Crippen LogP contribution in [0.25, 0.3) is 0 Å². The number of hydrogen-bond acceptors (Lipinski definition) is 4. The van der Waals surface area contributed by atoms with Crippen LogP contribution < -0.4 is 4.74 Å². The van der Waals surface area contributed by atoms with Crippen molar-refractivity contribution in [3.05, 3.63) is 60.2 Å². The second-order valence-corrected chi connectivity index (χ2v) is 5.52. The van der Waals surface area contributed by atoms with Crippen molar-refractivity contribution >= 4 is 11.8 Å². The summed E-state index contributed by atoms with van der Waals surface area (Å²) in [5, 5.41) is 0. The minimum absolute atomic E-state index is 0.00561. The number of carbonyl (C=O) groups is 2. The molecule has 2 aromatic carbocycles. The fourth-order valence-electron chi connectivity index (χ4n) is 2.61. The van der Waals surface area contributed by atoms with Crippen LogP contribution in [0, 0.1) is 0 Å². The van der Waals surface area contributed by atoms with Crippen molar-refractivity contribution in [1.82, 2.24) is 0 Å². The molecule has 0 aliphatic heterocycles. The minimum Gasteiger partial charge on any atom is -0.456 e. The van der Waals surface area contributed by atoms with E-state index in [0.717, 1.165) is 12.8 Å². The number of para-hydroxylation sites is 2. The van der Waals surface area contributed by atoms with Crippen molar-refractivity contribution < 1.29 is 19.1 Å². The lowest BCUT2D eigenvalue weighted by molar-refractivity contribution is -0.129. The van der Waals surface area contributed by atoms with Crippen LogP contribution in [0.2, 0.25) is 0 Å². The molecule has 0 N–H and O–H groups in total. The van der Waals surface area contributed by atoms with Gasteiger partial charge >= 0.3 is 5.97 Å². The highest BCUT2D eigenvalue weighted by Crippen LogP contribution is 2.27. The van der Waals surface area contributed by atoms with E-state index in [1.54, 1.807) is 24.3 Å². The van der Waals surface area contributed by atoms with E-state index >= 15 is 0 Å². The smallest absolute Gasteiger partial charge is 0.342 e. The molecular formula is C19H18O4. The van der Waals surface area contributed by atoms with Crippen molar-refractivity contribution in [3.8, 4) is 11.5 Å². The summed E-state index contributed by atoms with van der Waals surface area (Å²) >= 11 is 0. The molecule has 0 amide bonds. The van der Waals surface area contributed by atoms with Gasteiger partial charge in [0.05, 0.1) is 0 Å². The zero-order valence-corrected chi connectivity index (χ0v) is 12.7. The highest BCUT2D eigenvalue weighted by atomic mass is 16.5. The standard InChI is InChI=1S/C19H18O4/c20-16-11-5-7-13-18(16)23-19(21)15-10-4-6-12-17(15)22-14-8-2-1-3-9-14/h1-4,6,8-10,12,18H,5,7,11,13H2. The van der Waals surface area contributed by atoms with E-state index in [0.29, 0.717) is 29.9 Å². The van der Waals surface area contributed by atoms with Gasteiger partial charge in [-0.3, -0.25) is 4.79 Å². The largest absolute Gasteiger partial charge is 0.456 e. The molecule has 1 aliphatic carbocycles. The lowest BCUT2D eigenvalue weighted by atomic mass is 9.96. The molecule has 1 atom stereocenters. The number of hydrogen-bond donors (Lipinski definition) is 0. The Bertz CT molecular complexity index is 694. The number of Topliss-reactive ketones (excluding diaryl/α,β-unsaturated/α-hetero) is 1. The van der Waals surface area contributed by atoms with Crippen molar-refractivity contribution in [3.63, 3.8) is 0 Å². The van der Waals surface area contributed by atoms with Gasteiger partial charge in [-0.15, -0.1) is 0 Å². The first kappa shape index (κ1) is 15.3. The number of ether oxygens (including phenoxy) is 2. The summed E-state index contributed by atoms with van der Waals surface area (Å²) < 4.78 is 11.2. The fourth-order valence-corrected chi connectivity index (χ4v) is 2.61. The van der Waals surface area contributed by atoms with Gasteiger partial charge < -0.3 is 9.47 Å². The van der Waals surface area contributed by atoms with Gasteiger partial charge in [-0.25, -0.2) is 4.79 Å². The van der Waals surface area contributed by atoms with Crippen molar-refractivity contribution in [2.75, 3.05) is 0 Å². The number of rotatable bonds is 4. The molecule has 23 heavy (non-hydrogen) atoms. The Morgan fingerprint density at radius 2 is 1.70 bits per heavy atom. The van der Waals surface area contributed by atoms with Gasteiger partial charge in [-0.05, 0) is 43.5 Å². The number of carbonyl (C=O) groups excluding carboxylic acids is 2. The molecule has 0 aromatic heterocycles. The summed E-state index contributed by atoms with van der Waals surface area (Å²) in [6.07, 6.45) is 2.25. The van der Waals surface area contributed by atoms with E-state index in [4.69, 9.17) is 9.47 Å². The van der Waals surface area contributed by atoms with Crippen LogP contribution in [0.1, 0.15) is 36.0 Å². The van der Waals surface area contributed by atoms with Gasteiger partial charge in [0.1, 0.15) is 17.1 Å². The van der Waals surface area contributed by atoms with Crippen LogP contribution in [-0.2, 0) is 9.53 Å². The van der Waals surface area contributed by atoms with Gasteiger partial charge in [0.2, 0.25) is 0 Å². The van der Waals surface area contributed by atoms with Crippen molar-refractivity contribution in [1.29, 1.82) is 0 Å². The summed E-state index contributed by atoms with van der Waals surface area (Å²) in [4.78, 5) is 24.2. The number of benzene rings is 2. The highest BCUT2D eigenvalue weighted by Gasteiger charge is 2.27. The van der Waals surface area contributed by atoms with E-state index < -0.39 is 12.1 Å². The van der Waals surface area contributed by atoms with E-state index in [9.17, 15) is 9.59 Å². The molecule has 1 saturated carbocycles. The van der Waals surface area contributed by atoms with Crippen molar-refractivity contribution in [2.45, 2.75) is 31.8 Å². The van der Waals surface area contributed by atoms with Crippen LogP contribution in [0.15, 0.2) is 54.6 Å². The predicted octanol–water partition coefficient (Wildman–Crippen LogP) is 4.15. The van der Waals surface area contributed by atoms with Gasteiger partial charge in [0.25, 0.3) is 0 Å². The molecule has 0 radical (unpaired) electrons. The van der Waals surface area contributed by atoms with E-state index in [1.807, 2.05) is 30.3 Å². The second-order valence-electron chi connectivity index (χ2n) is 5.52. The zero-order chi connectivity index (χ0) is 16.1. The maximum absolute atomic E-state index is 12.4. The zero-order valence-electron chi connectivity index (χ0n) is 12.7. The average Bonchev–Trinajstić information content (AvgIpc) is 2.58. The molecule has 1 fully saturated rings. The monoisotopic (exact) mass is 310 g/mol. The third-order valence-corrected chi connectivity index (χ3v) is 3.83. The molecule has 4 nitrogen and oxygen atoms in total. The predicted molar refractivity (Wildman–Crippen MR) is 85.6 cm³/mol. The topological polar surface area (TPSA) is 52.6 Å². The molecule has 2 aromatic rings. The normalized spacial score (nSPS) is 17.6. The first-order chi connectivity index (χ1) is 11.2. The van der Waals surface area contributed by atoms with E-state index in [2.05, 4.69) is 0 Å². The fraction of sp³-hybridized carbons (Fsp3) is 0.263. The Morgan fingerprint density at radius 1 is 0.957 bits per heavy atom. The Labute approximate surface area is 135 Å². The second kappa shape index (κ2) is 7.09. The summed E-state index contributed by atoms with van der Waals surface area (Å²) in [5.41, 5.74) is 0.328. The molecule has 1 aliphatic rings. The highest BCUT2D eigenvalue weighted by molar-refractivity contribution is 5.95. The molecule has 1 unspecified atom stereocenters. The summed E-state index contributed by atoms with van der Waals surface area (Å²) in [6, 6.07) is 16.1. The lowest BCUT2D eigenvalue weighted by Gasteiger charge is -2.21. The summed E-state index contributed by atoms with van der Waals surface area (Å²) in [6.45, 7) is 0. The SMILES string of the molecule is O=C(OC1CCCCC1=O)c1ccccc1Oc1ccccc1. The van der Waals surface area contributed by atoms with E-state index in [1.165, 1.54) is 0 Å². The van der Waals surface area contributed by atoms with Crippen LogP contribution in [0.3, 0.4) is 0 Å². The van der Waals surface area contributed by atoms with Gasteiger partial charge in [-0.2, -0.15) is 0 Å². The molecule has 0 heterocycles. The maximum Gasteiger partial charge on any atom is 0.342 e. The molecule has 3 rings (SSSR count). The van der Waals surface area contributed by atoms with Crippen LogP contribution in [-0.4, -0.2) is 17.9 Å². The molecule has 118 valence electrons. The number of esters is 1. The Kier molecular flexibility index (Phi) is 4.71. The third kappa shape index (κ3) is 3.77. The summed E-state index contributed by atoms with van der Waals surface area (Å²) in [5.74, 6) is 0.552. The minimum atomic E-state index is -0.624. The van der Waals surface area contributed by atoms with Gasteiger partial charge in [0.15, 0.2) is 11.9 Å². The Balaban J connectivity index is 1.76. The molecule has 0 saturated heterocycles. The molecule has 4 heteroatoms. The maximum atomic E-state index is 12.4. The third-order valence-electron chi connectivity index (χ3n) is 3.83. The van der Waals surface area contributed by atoms with Crippen LogP contribution in [0.4, 0.5) is 0 Å². The van der Waals surface area contributed by atoms with Crippen LogP contribution in [0.5, 0.6) is 11.5 Å². The van der Waals surface area contributed by atoms with Crippen molar-refractivity contribution in [2.24, 2.45) is 0 Å². The lowest BCUT2D eigenvalue weighted by Crippen LogP contribution is -2.30. The average molecular weight is 310 g/mol. The van der Waals surface area contributed by atoms with Gasteiger partial charge in [-0.1, -0.05) is 30.3 Å². The Morgan fingerprint density at radius 3 is 2.48 bits per heavy atom. The number of ketones is 1. The first-order valence-electron chi connectivity index (χ1n) is 7.79. The molecular weight excluding hydrogens is 292 g/mol. The molecule has 0 spiro atoms. The van der Waals surface area contributed by atoms with Gasteiger partial charge in [0, 0.05) is 6.42 Å². The van der Waals surface area contributed by atoms with Crippen LogP contribution >= 0.6 is 0 Å². The quantitative estimate of drug-likeness (QED) is 0.796. The summed E-state index contributed by atoms with van der Waals surface area (Å²) in [7, 11) is 0.